The van der Waals surface area contributed by atoms with Crippen molar-refractivity contribution in [1.82, 2.24) is 9.80 Å². The quantitative estimate of drug-likeness (QED) is 0.713. The van der Waals surface area contributed by atoms with Gasteiger partial charge in [-0.25, -0.2) is 9.18 Å². The number of hydrogen-bond donors (Lipinski definition) is 0. The lowest BCUT2D eigenvalue weighted by Gasteiger charge is -2.36. The Kier molecular flexibility index (Phi) is 6.43. The van der Waals surface area contributed by atoms with Gasteiger partial charge in [0.2, 0.25) is 5.91 Å². The monoisotopic (exact) mass is 414 g/mol. The van der Waals surface area contributed by atoms with E-state index in [4.69, 9.17) is 4.74 Å². The fourth-order valence-electron chi connectivity index (χ4n) is 2.58. The van der Waals surface area contributed by atoms with Gasteiger partial charge in [-0.3, -0.25) is 4.79 Å². The van der Waals surface area contributed by atoms with E-state index in [1.54, 1.807) is 28.0 Å². The Hall–Kier alpha value is -1.63. The Morgan fingerprint density at radius 1 is 1.16 bits per heavy atom. The van der Waals surface area contributed by atoms with E-state index in [9.17, 15) is 14.0 Å². The Morgan fingerprint density at radius 3 is 2.28 bits per heavy atom. The minimum atomic E-state index is -0.537. The van der Waals surface area contributed by atoms with Gasteiger partial charge in [-0.2, -0.15) is 0 Å². The van der Waals surface area contributed by atoms with Gasteiger partial charge in [0.25, 0.3) is 0 Å². The molecule has 7 heteroatoms. The van der Waals surface area contributed by atoms with Gasteiger partial charge in [0.1, 0.15) is 11.4 Å². The molecule has 0 spiro atoms. The van der Waals surface area contributed by atoms with Gasteiger partial charge in [-0.05, 0) is 38.8 Å². The number of piperazine rings is 1. The molecular formula is C18H24BrFN2O3. The van der Waals surface area contributed by atoms with Crippen molar-refractivity contribution < 1.29 is 18.7 Å². The van der Waals surface area contributed by atoms with E-state index in [2.05, 4.69) is 15.9 Å². The number of halogens is 2. The first-order valence-corrected chi connectivity index (χ1v) is 9.23. The van der Waals surface area contributed by atoms with Crippen LogP contribution < -0.4 is 0 Å². The fraction of sp³-hybridized carbons (Fsp3) is 0.556. The molecule has 1 aliphatic heterocycles. The predicted octanol–water partition coefficient (Wildman–Crippen LogP) is 3.21. The van der Waals surface area contributed by atoms with Gasteiger partial charge in [0, 0.05) is 26.2 Å². The summed E-state index contributed by atoms with van der Waals surface area (Å²) in [6.45, 7) is 7.21. The number of ether oxygens (including phenoxy) is 1. The van der Waals surface area contributed by atoms with Gasteiger partial charge in [-0.15, -0.1) is 0 Å². The molecule has 5 nitrogen and oxygen atoms in total. The summed E-state index contributed by atoms with van der Waals surface area (Å²) >= 11 is 3.37. The maximum atomic E-state index is 13.7. The second-order valence-corrected chi connectivity index (χ2v) is 8.16. The highest BCUT2D eigenvalue weighted by Gasteiger charge is 2.30. The lowest BCUT2D eigenvalue weighted by Crippen LogP contribution is -2.53. The van der Waals surface area contributed by atoms with Crippen LogP contribution in [0, 0.1) is 5.82 Å². The van der Waals surface area contributed by atoms with E-state index >= 15 is 0 Å². The molecule has 2 rings (SSSR count). The van der Waals surface area contributed by atoms with Crippen molar-refractivity contribution >= 4 is 27.9 Å². The van der Waals surface area contributed by atoms with Crippen molar-refractivity contribution in [3.8, 4) is 0 Å². The minimum absolute atomic E-state index is 0.0907. The van der Waals surface area contributed by atoms with Crippen LogP contribution in [0.25, 0.3) is 0 Å². The van der Waals surface area contributed by atoms with Crippen molar-refractivity contribution in [2.45, 2.75) is 37.6 Å². The van der Waals surface area contributed by atoms with E-state index in [0.717, 1.165) is 0 Å². The Bertz CT molecular complexity index is 625. The normalized spacial score (nSPS) is 16.5. The lowest BCUT2D eigenvalue weighted by atomic mass is 10.1. The van der Waals surface area contributed by atoms with Crippen LogP contribution in [0.2, 0.25) is 0 Å². The highest BCUT2D eigenvalue weighted by Crippen LogP contribution is 2.17. The molecule has 0 bridgehead atoms. The molecule has 0 radical (unpaired) electrons. The Balaban J connectivity index is 1.86. The first kappa shape index (κ1) is 19.7. The van der Waals surface area contributed by atoms with Crippen LogP contribution in [0.15, 0.2) is 24.3 Å². The molecule has 2 amide bonds. The molecule has 1 unspecified atom stereocenters. The summed E-state index contributed by atoms with van der Waals surface area (Å²) in [6, 6.07) is 6.44. The van der Waals surface area contributed by atoms with Crippen molar-refractivity contribution in [3.05, 3.63) is 35.6 Å². The Labute approximate surface area is 156 Å². The van der Waals surface area contributed by atoms with Crippen molar-refractivity contribution in [3.63, 3.8) is 0 Å². The molecule has 0 saturated carbocycles. The zero-order chi connectivity index (χ0) is 18.6. The summed E-state index contributed by atoms with van der Waals surface area (Å²) < 4.78 is 19.1. The van der Waals surface area contributed by atoms with Gasteiger partial charge in [-0.1, -0.05) is 34.1 Å². The second kappa shape index (κ2) is 8.17. The van der Waals surface area contributed by atoms with Gasteiger partial charge < -0.3 is 14.5 Å². The topological polar surface area (TPSA) is 49.9 Å². The van der Waals surface area contributed by atoms with Crippen LogP contribution in [-0.2, 0) is 16.0 Å². The molecule has 138 valence electrons. The first-order chi connectivity index (χ1) is 11.7. The number of rotatable bonds is 3. The summed E-state index contributed by atoms with van der Waals surface area (Å²) in [5, 5.41) is 0. The number of carbonyl (C=O) groups is 2. The smallest absolute Gasteiger partial charge is 0.410 e. The number of carbonyl (C=O) groups excluding carboxylic acids is 2. The van der Waals surface area contributed by atoms with Gasteiger partial charge in [0.15, 0.2) is 0 Å². The summed E-state index contributed by atoms with van der Waals surface area (Å²) in [7, 11) is 0. The molecule has 1 aromatic rings. The highest BCUT2D eigenvalue weighted by atomic mass is 79.9. The average molecular weight is 415 g/mol. The largest absolute Gasteiger partial charge is 0.444 e. The molecule has 0 aromatic heterocycles. The number of alkyl halides is 1. The molecule has 1 aliphatic rings. The molecule has 25 heavy (non-hydrogen) atoms. The van der Waals surface area contributed by atoms with Crippen molar-refractivity contribution in [2.24, 2.45) is 0 Å². The van der Waals surface area contributed by atoms with Crippen molar-refractivity contribution in [2.75, 3.05) is 26.2 Å². The molecule has 1 atom stereocenters. The maximum absolute atomic E-state index is 13.7. The van der Waals surface area contributed by atoms with Crippen LogP contribution in [0.1, 0.15) is 26.3 Å². The van der Waals surface area contributed by atoms with Crippen LogP contribution in [0.5, 0.6) is 0 Å². The Morgan fingerprint density at radius 2 is 1.72 bits per heavy atom. The summed E-state index contributed by atoms with van der Waals surface area (Å²) in [5.41, 5.74) is -0.0322. The van der Waals surface area contributed by atoms with Crippen LogP contribution >= 0.6 is 15.9 Å². The third kappa shape index (κ3) is 5.70. The van der Waals surface area contributed by atoms with E-state index in [1.165, 1.54) is 6.07 Å². The third-order valence-electron chi connectivity index (χ3n) is 3.87. The molecule has 1 fully saturated rings. The van der Waals surface area contributed by atoms with Gasteiger partial charge >= 0.3 is 6.09 Å². The van der Waals surface area contributed by atoms with Crippen LogP contribution in [-0.4, -0.2) is 58.4 Å². The SMILES string of the molecule is CC(C)(C)OC(=O)N1CCN(C(=O)C(Br)Cc2ccccc2F)CC1. The van der Waals surface area contributed by atoms with E-state index in [1.807, 2.05) is 20.8 Å². The number of benzene rings is 1. The molecule has 0 N–H and O–H groups in total. The predicted molar refractivity (Wildman–Crippen MR) is 97.2 cm³/mol. The molecule has 1 saturated heterocycles. The summed E-state index contributed by atoms with van der Waals surface area (Å²) in [5.74, 6) is -0.401. The highest BCUT2D eigenvalue weighted by molar-refractivity contribution is 9.10. The summed E-state index contributed by atoms with van der Waals surface area (Å²) in [6.07, 6.45) is -0.0704. The lowest BCUT2D eigenvalue weighted by molar-refractivity contribution is -0.132. The third-order valence-corrected chi connectivity index (χ3v) is 4.58. The number of amides is 2. The van der Waals surface area contributed by atoms with E-state index in [-0.39, 0.29) is 24.2 Å². The zero-order valence-corrected chi connectivity index (χ0v) is 16.4. The van der Waals surface area contributed by atoms with Crippen LogP contribution in [0.3, 0.4) is 0 Å². The fourth-order valence-corrected chi connectivity index (χ4v) is 3.22. The molecule has 0 aliphatic carbocycles. The summed E-state index contributed by atoms with van der Waals surface area (Å²) in [4.78, 5) is 27.4. The zero-order valence-electron chi connectivity index (χ0n) is 14.8. The standard InChI is InChI=1S/C18H24BrFN2O3/c1-18(2,3)25-17(24)22-10-8-21(9-11-22)16(23)14(19)12-13-6-4-5-7-15(13)20/h4-7,14H,8-12H2,1-3H3. The minimum Gasteiger partial charge on any atom is -0.444 e. The average Bonchev–Trinajstić information content (AvgIpc) is 2.55. The van der Waals surface area contributed by atoms with E-state index < -0.39 is 10.4 Å². The van der Waals surface area contributed by atoms with Crippen LogP contribution in [0.4, 0.5) is 9.18 Å². The van der Waals surface area contributed by atoms with Crippen molar-refractivity contribution in [1.29, 1.82) is 0 Å². The molecule has 1 aromatic carbocycles. The molecular weight excluding hydrogens is 391 g/mol. The first-order valence-electron chi connectivity index (χ1n) is 8.31. The maximum Gasteiger partial charge on any atom is 0.410 e. The second-order valence-electron chi connectivity index (χ2n) is 7.06. The number of hydrogen-bond acceptors (Lipinski definition) is 3. The number of nitrogens with zero attached hydrogens (tertiary/aromatic N) is 2. The van der Waals surface area contributed by atoms with Gasteiger partial charge in [0.05, 0.1) is 4.83 Å². The van der Waals surface area contributed by atoms with E-state index in [0.29, 0.717) is 31.7 Å². The molecule has 1 heterocycles.